The fraction of sp³-hybridized carbons (Fsp3) is 0.733. The first-order valence-electron chi connectivity index (χ1n) is 8.78. The number of nitrogens with one attached hydrogen (secondary N) is 1. The summed E-state index contributed by atoms with van der Waals surface area (Å²) < 4.78 is 57.0. The Morgan fingerprint density at radius 2 is 2.07 bits per heavy atom. The van der Waals surface area contributed by atoms with Crippen LogP contribution in [0.5, 0.6) is 0 Å². The molecule has 3 saturated heterocycles. The fourth-order valence-electron chi connectivity index (χ4n) is 3.44. The van der Waals surface area contributed by atoms with Crippen molar-refractivity contribution in [2.45, 2.75) is 43.2 Å². The summed E-state index contributed by atoms with van der Waals surface area (Å²) in [6.07, 6.45) is -3.31. The van der Waals surface area contributed by atoms with E-state index in [-0.39, 0.29) is 12.7 Å². The summed E-state index contributed by atoms with van der Waals surface area (Å²) in [5.41, 5.74) is -3.69. The monoisotopic (exact) mass is 470 g/mol. The van der Waals surface area contributed by atoms with Crippen molar-refractivity contribution >= 4 is 29.4 Å². The number of phosphoric acid groups is 1. The Hall–Kier alpha value is -0.660. The van der Waals surface area contributed by atoms with Crippen LogP contribution in [-0.4, -0.2) is 64.9 Å². The minimum absolute atomic E-state index is 0.234. The van der Waals surface area contributed by atoms with Gasteiger partial charge in [-0.05, 0) is 6.92 Å². The number of nitrogens with zero attached hydrogens (tertiary/aromatic N) is 1. The summed E-state index contributed by atoms with van der Waals surface area (Å²) in [7, 11) is 0.595. The standard InChI is InChI=1S/C15H20FN2O8PS2/c1-15(16)12-8(24-13(15)18-4-3-11(19)17-14(18)20)5-23-27(21,26-12)25-10-7-29-28-6-9(10)22-2/h3-4,8-10,12-13H,5-7H2,1-2H3,(H,17,19,20)/t8-,9-,10?,12-,13-,15-,27?/m1/s1. The summed E-state index contributed by atoms with van der Waals surface area (Å²) in [6, 6.07) is 1.08. The van der Waals surface area contributed by atoms with E-state index in [1.807, 2.05) is 0 Å². The topological polar surface area (TPSA) is 118 Å². The van der Waals surface area contributed by atoms with Crippen LogP contribution < -0.4 is 11.2 Å². The summed E-state index contributed by atoms with van der Waals surface area (Å²) in [4.78, 5) is 25.4. The summed E-state index contributed by atoms with van der Waals surface area (Å²) in [6.45, 7) is 0.947. The number of aromatic amines is 1. The molecule has 1 aromatic rings. The van der Waals surface area contributed by atoms with E-state index < -0.39 is 49.3 Å². The molecule has 1 aromatic heterocycles. The maximum Gasteiger partial charge on any atom is 0.475 e. The van der Waals surface area contributed by atoms with Crippen molar-refractivity contribution in [1.29, 1.82) is 0 Å². The van der Waals surface area contributed by atoms with Gasteiger partial charge in [0.1, 0.15) is 18.3 Å². The zero-order valence-corrected chi connectivity index (χ0v) is 18.0. The zero-order valence-electron chi connectivity index (χ0n) is 15.5. The number of methoxy groups -OCH3 is 1. The second-order valence-corrected chi connectivity index (χ2v) is 11.1. The van der Waals surface area contributed by atoms with Gasteiger partial charge in [0.05, 0.1) is 12.7 Å². The number of fused-ring (bicyclic) bond motifs is 1. The van der Waals surface area contributed by atoms with E-state index in [0.717, 1.165) is 16.8 Å². The maximum atomic E-state index is 15.7. The second kappa shape index (κ2) is 8.12. The number of aromatic nitrogens is 2. The lowest BCUT2D eigenvalue weighted by Gasteiger charge is -2.37. The number of H-pyrrole nitrogens is 1. The lowest BCUT2D eigenvalue weighted by molar-refractivity contribution is -0.0824. The van der Waals surface area contributed by atoms with Gasteiger partial charge in [0.2, 0.25) is 0 Å². The molecule has 162 valence electrons. The molecule has 0 saturated carbocycles. The third-order valence-electron chi connectivity index (χ3n) is 4.95. The second-order valence-electron chi connectivity index (χ2n) is 6.95. The lowest BCUT2D eigenvalue weighted by atomic mass is 9.98. The molecular formula is C15H20FN2O8PS2. The number of halogens is 1. The maximum absolute atomic E-state index is 15.7. The average molecular weight is 470 g/mol. The average Bonchev–Trinajstić information content (AvgIpc) is 2.92. The molecule has 4 heterocycles. The predicted octanol–water partition coefficient (Wildman–Crippen LogP) is 1.48. The number of phosphoric ester groups is 1. The van der Waals surface area contributed by atoms with E-state index in [1.54, 1.807) is 21.6 Å². The first kappa shape index (κ1) is 21.6. The van der Waals surface area contributed by atoms with Crippen LogP contribution in [0.25, 0.3) is 0 Å². The van der Waals surface area contributed by atoms with Crippen LogP contribution >= 0.6 is 29.4 Å². The van der Waals surface area contributed by atoms with Crippen molar-refractivity contribution in [2.75, 3.05) is 25.2 Å². The van der Waals surface area contributed by atoms with E-state index in [1.165, 1.54) is 14.0 Å². The third-order valence-corrected chi connectivity index (χ3v) is 8.85. The van der Waals surface area contributed by atoms with Crippen molar-refractivity contribution in [3.05, 3.63) is 33.1 Å². The molecule has 29 heavy (non-hydrogen) atoms. The van der Waals surface area contributed by atoms with Gasteiger partial charge < -0.3 is 9.47 Å². The number of alkyl halides is 1. The molecule has 3 aliphatic heterocycles. The van der Waals surface area contributed by atoms with Gasteiger partial charge in [-0.25, -0.2) is 13.8 Å². The molecule has 0 radical (unpaired) electrons. The molecule has 14 heteroatoms. The molecule has 0 aromatic carbocycles. The number of rotatable bonds is 4. The van der Waals surface area contributed by atoms with Crippen LogP contribution in [0, 0.1) is 0 Å². The Labute approximate surface area is 172 Å². The van der Waals surface area contributed by atoms with Gasteiger partial charge in [0.15, 0.2) is 11.9 Å². The highest BCUT2D eigenvalue weighted by Gasteiger charge is 2.62. The van der Waals surface area contributed by atoms with Crippen LogP contribution in [0.2, 0.25) is 0 Å². The Balaban J connectivity index is 1.55. The van der Waals surface area contributed by atoms with Gasteiger partial charge >= 0.3 is 13.5 Å². The van der Waals surface area contributed by atoms with Crippen molar-refractivity contribution < 1.29 is 32.0 Å². The van der Waals surface area contributed by atoms with Crippen molar-refractivity contribution in [3.63, 3.8) is 0 Å². The summed E-state index contributed by atoms with van der Waals surface area (Å²) in [5.74, 6) is 1.14. The third kappa shape index (κ3) is 4.11. The quantitative estimate of drug-likeness (QED) is 0.512. The van der Waals surface area contributed by atoms with Gasteiger partial charge in [0, 0.05) is 30.9 Å². The van der Waals surface area contributed by atoms with Gasteiger partial charge in [-0.15, -0.1) is 0 Å². The van der Waals surface area contributed by atoms with Crippen LogP contribution in [0.4, 0.5) is 4.39 Å². The molecule has 0 amide bonds. The van der Waals surface area contributed by atoms with Crippen LogP contribution in [0.1, 0.15) is 13.2 Å². The largest absolute Gasteiger partial charge is 0.475 e. The summed E-state index contributed by atoms with van der Waals surface area (Å²) in [5, 5.41) is 0. The first-order chi connectivity index (χ1) is 13.7. The first-order valence-corrected chi connectivity index (χ1v) is 12.7. The van der Waals surface area contributed by atoms with Gasteiger partial charge in [0.25, 0.3) is 5.56 Å². The molecule has 4 rings (SSSR count). The molecule has 1 N–H and O–H groups in total. The molecule has 2 unspecified atom stereocenters. The van der Waals surface area contributed by atoms with E-state index in [2.05, 4.69) is 4.98 Å². The molecule has 3 aliphatic rings. The highest BCUT2D eigenvalue weighted by Crippen LogP contribution is 2.60. The van der Waals surface area contributed by atoms with E-state index in [9.17, 15) is 14.2 Å². The van der Waals surface area contributed by atoms with Gasteiger partial charge in [-0.1, -0.05) is 21.6 Å². The number of hydrogen-bond acceptors (Lipinski definition) is 10. The van der Waals surface area contributed by atoms with E-state index >= 15 is 4.39 Å². The Morgan fingerprint density at radius 3 is 2.76 bits per heavy atom. The fourth-order valence-corrected chi connectivity index (χ4v) is 7.68. The molecule has 7 atom stereocenters. The van der Waals surface area contributed by atoms with E-state index in [0.29, 0.717) is 11.5 Å². The highest BCUT2D eigenvalue weighted by molar-refractivity contribution is 8.76. The van der Waals surface area contributed by atoms with Crippen molar-refractivity contribution in [3.8, 4) is 0 Å². The molecule has 3 fully saturated rings. The van der Waals surface area contributed by atoms with Crippen LogP contribution in [0.3, 0.4) is 0 Å². The zero-order chi connectivity index (χ0) is 20.8. The summed E-state index contributed by atoms with van der Waals surface area (Å²) >= 11 is 0. The predicted molar refractivity (Wildman–Crippen MR) is 104 cm³/mol. The Kier molecular flexibility index (Phi) is 6.04. The molecule has 0 aliphatic carbocycles. The minimum atomic E-state index is -4.09. The highest BCUT2D eigenvalue weighted by atomic mass is 33.1. The Morgan fingerprint density at radius 1 is 1.34 bits per heavy atom. The minimum Gasteiger partial charge on any atom is -0.378 e. The molecule has 0 bridgehead atoms. The molecule has 10 nitrogen and oxygen atoms in total. The van der Waals surface area contributed by atoms with Crippen molar-refractivity contribution in [2.24, 2.45) is 0 Å². The van der Waals surface area contributed by atoms with Crippen LogP contribution in [0.15, 0.2) is 21.9 Å². The number of ether oxygens (including phenoxy) is 2. The van der Waals surface area contributed by atoms with Crippen molar-refractivity contribution in [1.82, 2.24) is 9.55 Å². The van der Waals surface area contributed by atoms with Crippen LogP contribution in [-0.2, 0) is 27.6 Å². The number of hydrogen-bond donors (Lipinski definition) is 1. The molecular weight excluding hydrogens is 450 g/mol. The van der Waals surface area contributed by atoms with Gasteiger partial charge in [-0.2, -0.15) is 0 Å². The Bertz CT molecular complexity index is 926. The smallest absolute Gasteiger partial charge is 0.378 e. The SMILES string of the molecule is CO[C@@H]1CSSCC1OP1(=O)OC[C@H]2O[C@@H](n3ccc(=O)[nH]c3=O)[C@](C)(F)[C@@H]2O1. The van der Waals surface area contributed by atoms with Gasteiger partial charge in [-0.3, -0.25) is 27.9 Å². The lowest BCUT2D eigenvalue weighted by Crippen LogP contribution is -2.47. The molecule has 0 spiro atoms. The normalized spacial score (nSPS) is 42.5. The van der Waals surface area contributed by atoms with E-state index in [4.69, 9.17) is 23.0 Å².